The monoisotopic (exact) mass is 476 g/mol. The summed E-state index contributed by atoms with van der Waals surface area (Å²) in [5.74, 6) is 0.338. The van der Waals surface area contributed by atoms with Gasteiger partial charge in [0.25, 0.3) is 11.8 Å². The van der Waals surface area contributed by atoms with Gasteiger partial charge in [-0.1, -0.05) is 35.5 Å². The molecule has 0 aromatic heterocycles. The van der Waals surface area contributed by atoms with Crippen molar-refractivity contribution in [1.29, 1.82) is 0 Å². The highest BCUT2D eigenvalue weighted by Gasteiger charge is 2.33. The van der Waals surface area contributed by atoms with Crippen LogP contribution in [-0.4, -0.2) is 33.9 Å². The maximum absolute atomic E-state index is 12.8. The van der Waals surface area contributed by atoms with Crippen LogP contribution in [0.4, 0.5) is 0 Å². The second-order valence-corrected chi connectivity index (χ2v) is 8.89. The molecule has 1 aliphatic heterocycles. The van der Waals surface area contributed by atoms with Crippen molar-refractivity contribution in [1.82, 2.24) is 10.4 Å². The summed E-state index contributed by atoms with van der Waals surface area (Å²) >= 11 is 12.3. The molecular formula is C22H21ClN2O4S2. The predicted molar refractivity (Wildman–Crippen MR) is 127 cm³/mol. The molecule has 162 valence electrons. The fourth-order valence-corrected chi connectivity index (χ4v) is 4.12. The Morgan fingerprint density at radius 3 is 2.71 bits per heavy atom. The van der Waals surface area contributed by atoms with Crippen molar-refractivity contribution < 1.29 is 19.1 Å². The topological polar surface area (TPSA) is 67.9 Å². The van der Waals surface area contributed by atoms with Crippen LogP contribution < -0.4 is 14.9 Å². The molecular weight excluding hydrogens is 456 g/mol. The summed E-state index contributed by atoms with van der Waals surface area (Å²) in [5, 5.41) is 1.49. The molecule has 0 aliphatic carbocycles. The van der Waals surface area contributed by atoms with Crippen molar-refractivity contribution in [2.24, 2.45) is 0 Å². The van der Waals surface area contributed by atoms with Gasteiger partial charge in [0.2, 0.25) is 0 Å². The van der Waals surface area contributed by atoms with Crippen LogP contribution in [0.1, 0.15) is 36.7 Å². The number of hydrazine groups is 1. The first-order valence-electron chi connectivity index (χ1n) is 9.56. The molecule has 1 fully saturated rings. The van der Waals surface area contributed by atoms with Crippen LogP contribution in [0.5, 0.6) is 11.5 Å². The number of nitrogens with zero attached hydrogens (tertiary/aromatic N) is 1. The molecule has 1 saturated heterocycles. The third-order valence-corrected chi connectivity index (χ3v) is 5.56. The molecule has 2 amide bonds. The molecule has 9 heteroatoms. The number of hydrogen-bond acceptors (Lipinski definition) is 6. The first-order valence-corrected chi connectivity index (χ1v) is 11.2. The van der Waals surface area contributed by atoms with E-state index < -0.39 is 11.8 Å². The number of nitrogens with one attached hydrogen (secondary N) is 1. The van der Waals surface area contributed by atoms with Gasteiger partial charge < -0.3 is 9.47 Å². The lowest BCUT2D eigenvalue weighted by atomic mass is 10.2. The van der Waals surface area contributed by atoms with Crippen LogP contribution in [0.25, 0.3) is 6.08 Å². The highest BCUT2D eigenvalue weighted by atomic mass is 35.5. The molecule has 31 heavy (non-hydrogen) atoms. The smallest absolute Gasteiger partial charge is 0.285 e. The minimum Gasteiger partial charge on any atom is -0.490 e. The number of amides is 2. The van der Waals surface area contributed by atoms with E-state index in [9.17, 15) is 9.59 Å². The molecule has 2 aromatic rings. The SMILES string of the molecule is CCOc1cc(/C=C2\SC(=S)N(NC(=O)c3cccc(Cl)c3)C2=O)ccc1OC(C)C. The van der Waals surface area contributed by atoms with Crippen molar-refractivity contribution in [2.75, 3.05) is 6.61 Å². The van der Waals surface area contributed by atoms with E-state index in [0.717, 1.165) is 22.3 Å². The molecule has 0 unspecified atom stereocenters. The van der Waals surface area contributed by atoms with Crippen molar-refractivity contribution in [2.45, 2.75) is 26.9 Å². The second-order valence-electron chi connectivity index (χ2n) is 6.77. The summed E-state index contributed by atoms with van der Waals surface area (Å²) in [4.78, 5) is 25.7. The van der Waals surface area contributed by atoms with Gasteiger partial charge in [-0.3, -0.25) is 15.0 Å². The fraction of sp³-hybridized carbons (Fsp3) is 0.227. The molecule has 1 aliphatic rings. The molecule has 1 N–H and O–H groups in total. The van der Waals surface area contributed by atoms with Gasteiger partial charge in [-0.15, -0.1) is 0 Å². The Morgan fingerprint density at radius 2 is 2.03 bits per heavy atom. The maximum Gasteiger partial charge on any atom is 0.285 e. The van der Waals surface area contributed by atoms with E-state index in [-0.39, 0.29) is 10.4 Å². The fourth-order valence-electron chi connectivity index (χ4n) is 2.75. The van der Waals surface area contributed by atoms with E-state index in [1.54, 1.807) is 36.4 Å². The van der Waals surface area contributed by atoms with Crippen LogP contribution in [0.2, 0.25) is 5.02 Å². The van der Waals surface area contributed by atoms with Crippen molar-refractivity contribution in [3.05, 3.63) is 63.5 Å². The maximum atomic E-state index is 12.8. The van der Waals surface area contributed by atoms with Crippen LogP contribution in [0.15, 0.2) is 47.4 Å². The van der Waals surface area contributed by atoms with Gasteiger partial charge in [0.15, 0.2) is 15.8 Å². The summed E-state index contributed by atoms with van der Waals surface area (Å²) < 4.78 is 11.7. The van der Waals surface area contributed by atoms with Crippen LogP contribution >= 0.6 is 35.6 Å². The summed E-state index contributed by atoms with van der Waals surface area (Å²) in [7, 11) is 0. The molecule has 6 nitrogen and oxygen atoms in total. The molecule has 0 spiro atoms. The lowest BCUT2D eigenvalue weighted by molar-refractivity contribution is -0.123. The number of rotatable bonds is 7. The Labute approximate surface area is 195 Å². The van der Waals surface area contributed by atoms with Crippen molar-refractivity contribution >= 4 is 57.8 Å². The highest BCUT2D eigenvalue weighted by Crippen LogP contribution is 2.34. The zero-order chi connectivity index (χ0) is 22.5. The summed E-state index contributed by atoms with van der Waals surface area (Å²) in [6, 6.07) is 11.9. The highest BCUT2D eigenvalue weighted by molar-refractivity contribution is 8.26. The molecule has 0 radical (unpaired) electrons. The first-order chi connectivity index (χ1) is 14.8. The van der Waals surface area contributed by atoms with E-state index in [4.69, 9.17) is 33.3 Å². The average molecular weight is 477 g/mol. The number of carbonyl (C=O) groups excluding carboxylic acids is 2. The number of benzene rings is 2. The Kier molecular flexibility index (Phi) is 7.59. The second kappa shape index (κ2) is 10.2. The first kappa shape index (κ1) is 23.1. The number of hydrogen-bond donors (Lipinski definition) is 1. The zero-order valence-electron chi connectivity index (χ0n) is 17.2. The zero-order valence-corrected chi connectivity index (χ0v) is 19.6. The van der Waals surface area contributed by atoms with Gasteiger partial charge in [-0.2, -0.15) is 5.01 Å². The van der Waals surface area contributed by atoms with Gasteiger partial charge in [0.05, 0.1) is 17.6 Å². The molecule has 0 atom stereocenters. The summed E-state index contributed by atoms with van der Waals surface area (Å²) in [6.45, 7) is 6.24. The molecule has 0 saturated carbocycles. The van der Waals surface area contributed by atoms with Gasteiger partial charge in [-0.05, 0) is 75.0 Å². The van der Waals surface area contributed by atoms with E-state index in [1.807, 2.05) is 26.8 Å². The number of carbonyl (C=O) groups is 2. The van der Waals surface area contributed by atoms with E-state index in [1.165, 1.54) is 6.07 Å². The molecule has 1 heterocycles. The van der Waals surface area contributed by atoms with Gasteiger partial charge in [-0.25, -0.2) is 0 Å². The Balaban J connectivity index is 1.79. The van der Waals surface area contributed by atoms with Gasteiger partial charge >= 0.3 is 0 Å². The van der Waals surface area contributed by atoms with Crippen LogP contribution in [0.3, 0.4) is 0 Å². The number of thiocarbonyl (C=S) groups is 1. The average Bonchev–Trinajstić information content (AvgIpc) is 2.97. The van der Waals surface area contributed by atoms with E-state index in [2.05, 4.69) is 5.43 Å². The Hall–Kier alpha value is -2.55. The third-order valence-electron chi connectivity index (χ3n) is 4.02. The molecule has 2 aromatic carbocycles. The minimum atomic E-state index is -0.478. The van der Waals surface area contributed by atoms with E-state index in [0.29, 0.717) is 33.6 Å². The summed E-state index contributed by atoms with van der Waals surface area (Å²) in [6.07, 6.45) is 1.70. The Morgan fingerprint density at radius 1 is 1.26 bits per heavy atom. The molecule has 3 rings (SSSR count). The normalized spacial score (nSPS) is 15.0. The largest absolute Gasteiger partial charge is 0.490 e. The Bertz CT molecular complexity index is 1060. The summed E-state index contributed by atoms with van der Waals surface area (Å²) in [5.41, 5.74) is 3.62. The van der Waals surface area contributed by atoms with Crippen LogP contribution in [-0.2, 0) is 4.79 Å². The van der Waals surface area contributed by atoms with Gasteiger partial charge in [0, 0.05) is 10.6 Å². The standard InChI is InChI=1S/C22H21ClN2O4S2/c1-4-28-18-10-14(8-9-17(18)29-13(2)3)11-19-21(27)25(22(30)31-19)24-20(26)15-6-5-7-16(23)12-15/h5-13H,4H2,1-3H3,(H,24,26)/b19-11-. The van der Waals surface area contributed by atoms with Crippen LogP contribution in [0, 0.1) is 0 Å². The number of ether oxygens (including phenoxy) is 2. The lowest BCUT2D eigenvalue weighted by Gasteiger charge is -2.16. The third kappa shape index (κ3) is 5.78. The van der Waals surface area contributed by atoms with Crippen molar-refractivity contribution in [3.8, 4) is 11.5 Å². The predicted octanol–water partition coefficient (Wildman–Crippen LogP) is 5.07. The lowest BCUT2D eigenvalue weighted by Crippen LogP contribution is -2.44. The minimum absolute atomic E-state index is 0.00409. The van der Waals surface area contributed by atoms with Crippen molar-refractivity contribution in [3.63, 3.8) is 0 Å². The van der Waals surface area contributed by atoms with E-state index >= 15 is 0 Å². The molecule has 0 bridgehead atoms. The number of thioether (sulfide) groups is 1. The quantitative estimate of drug-likeness (QED) is 0.444. The van der Waals surface area contributed by atoms with Gasteiger partial charge in [0.1, 0.15) is 0 Å². The number of halogens is 1.